The molecule has 1 rings (SSSR count). The molecule has 1 fully saturated rings. The number of hydrogen-bond donors (Lipinski definition) is 1. The molecule has 2 heteroatoms. The summed E-state index contributed by atoms with van der Waals surface area (Å²) in [7, 11) is 0. The third kappa shape index (κ3) is 3.84. The Balaban J connectivity index is 2.29. The van der Waals surface area contributed by atoms with Crippen molar-refractivity contribution in [1.82, 2.24) is 5.32 Å². The molecular formula is C13H25NO. The third-order valence-corrected chi connectivity index (χ3v) is 3.59. The summed E-state index contributed by atoms with van der Waals surface area (Å²) in [5.41, 5.74) is 0. The first-order chi connectivity index (χ1) is 7.00. The van der Waals surface area contributed by atoms with Crippen molar-refractivity contribution < 1.29 is 4.79 Å². The number of carbonyl (C=O) groups is 1. The van der Waals surface area contributed by atoms with Gasteiger partial charge < -0.3 is 5.32 Å². The highest BCUT2D eigenvalue weighted by atomic mass is 16.1. The fourth-order valence-electron chi connectivity index (χ4n) is 2.30. The number of amides is 1. The normalized spacial score (nSPS) is 27.1. The Morgan fingerprint density at radius 2 is 1.60 bits per heavy atom. The molecule has 2 nitrogen and oxygen atoms in total. The van der Waals surface area contributed by atoms with Gasteiger partial charge in [-0.25, -0.2) is 0 Å². The maximum absolute atomic E-state index is 11.5. The second kappa shape index (κ2) is 5.53. The maximum atomic E-state index is 11.5. The van der Waals surface area contributed by atoms with Crippen molar-refractivity contribution in [2.75, 3.05) is 0 Å². The van der Waals surface area contributed by atoms with Crippen LogP contribution >= 0.6 is 0 Å². The molecule has 0 spiro atoms. The van der Waals surface area contributed by atoms with E-state index in [0.29, 0.717) is 6.04 Å². The molecule has 0 unspecified atom stereocenters. The molecule has 88 valence electrons. The first-order valence-corrected chi connectivity index (χ1v) is 6.31. The smallest absolute Gasteiger partial charge is 0.222 e. The van der Waals surface area contributed by atoms with Crippen LogP contribution in [0.1, 0.15) is 53.4 Å². The highest BCUT2D eigenvalue weighted by Crippen LogP contribution is 2.29. The Hall–Kier alpha value is -0.530. The van der Waals surface area contributed by atoms with E-state index < -0.39 is 0 Å². The van der Waals surface area contributed by atoms with Crippen LogP contribution in [-0.2, 0) is 4.79 Å². The highest BCUT2D eigenvalue weighted by molar-refractivity contribution is 5.78. The Morgan fingerprint density at radius 1 is 1.07 bits per heavy atom. The molecule has 1 saturated carbocycles. The number of nitrogens with one attached hydrogen (secondary N) is 1. The zero-order chi connectivity index (χ0) is 11.4. The molecule has 0 bridgehead atoms. The van der Waals surface area contributed by atoms with Crippen molar-refractivity contribution in [2.24, 2.45) is 17.8 Å². The van der Waals surface area contributed by atoms with Crippen molar-refractivity contribution in [2.45, 2.75) is 59.4 Å². The quantitative estimate of drug-likeness (QED) is 0.764. The van der Waals surface area contributed by atoms with E-state index in [1.54, 1.807) is 0 Å². The number of rotatable bonds is 3. The van der Waals surface area contributed by atoms with Gasteiger partial charge in [0.15, 0.2) is 0 Å². The van der Waals surface area contributed by atoms with Crippen molar-refractivity contribution in [3.8, 4) is 0 Å². The van der Waals surface area contributed by atoms with E-state index in [9.17, 15) is 4.79 Å². The van der Waals surface area contributed by atoms with Gasteiger partial charge in [0.2, 0.25) is 5.91 Å². The zero-order valence-electron chi connectivity index (χ0n) is 10.5. The van der Waals surface area contributed by atoms with Crippen LogP contribution in [-0.4, -0.2) is 11.9 Å². The molecular weight excluding hydrogens is 186 g/mol. The summed E-state index contributed by atoms with van der Waals surface area (Å²) >= 11 is 0. The summed E-state index contributed by atoms with van der Waals surface area (Å²) in [6.07, 6.45) is 4.89. The SMILES string of the molecule is CC(C)C(=O)N[C@H]1CC[C@@H](C(C)C)CC1. The Morgan fingerprint density at radius 3 is 2.00 bits per heavy atom. The largest absolute Gasteiger partial charge is 0.353 e. The third-order valence-electron chi connectivity index (χ3n) is 3.59. The van der Waals surface area contributed by atoms with Gasteiger partial charge in [-0.05, 0) is 37.5 Å². The molecule has 1 amide bonds. The van der Waals surface area contributed by atoms with E-state index in [4.69, 9.17) is 0 Å². The van der Waals surface area contributed by atoms with Crippen LogP contribution in [0, 0.1) is 17.8 Å². The fourth-order valence-corrected chi connectivity index (χ4v) is 2.30. The van der Waals surface area contributed by atoms with Crippen molar-refractivity contribution >= 4 is 5.91 Å². The van der Waals surface area contributed by atoms with E-state index >= 15 is 0 Å². The van der Waals surface area contributed by atoms with E-state index in [1.807, 2.05) is 13.8 Å². The second-order valence-corrected chi connectivity index (χ2v) is 5.52. The average molecular weight is 211 g/mol. The lowest BCUT2D eigenvalue weighted by molar-refractivity contribution is -0.125. The van der Waals surface area contributed by atoms with Gasteiger partial charge in [-0.3, -0.25) is 4.79 Å². The molecule has 1 aliphatic rings. The fraction of sp³-hybridized carbons (Fsp3) is 0.923. The van der Waals surface area contributed by atoms with Crippen LogP contribution in [0.4, 0.5) is 0 Å². The van der Waals surface area contributed by atoms with E-state index in [2.05, 4.69) is 19.2 Å². The predicted octanol–water partition coefficient (Wildman–Crippen LogP) is 2.97. The summed E-state index contributed by atoms with van der Waals surface area (Å²) in [4.78, 5) is 11.5. The minimum Gasteiger partial charge on any atom is -0.353 e. The molecule has 0 aromatic heterocycles. The van der Waals surface area contributed by atoms with Crippen LogP contribution in [0.15, 0.2) is 0 Å². The van der Waals surface area contributed by atoms with Gasteiger partial charge >= 0.3 is 0 Å². The second-order valence-electron chi connectivity index (χ2n) is 5.52. The first kappa shape index (κ1) is 12.5. The standard InChI is InChI=1S/C13H25NO/c1-9(2)11-5-7-12(8-6-11)14-13(15)10(3)4/h9-12H,5-8H2,1-4H3,(H,14,15)/t11-,12+. The minimum atomic E-state index is 0.118. The molecule has 0 aromatic rings. The van der Waals surface area contributed by atoms with Gasteiger partial charge in [0.05, 0.1) is 0 Å². The first-order valence-electron chi connectivity index (χ1n) is 6.31. The lowest BCUT2D eigenvalue weighted by Gasteiger charge is -2.31. The monoisotopic (exact) mass is 211 g/mol. The van der Waals surface area contributed by atoms with E-state index in [-0.39, 0.29) is 11.8 Å². The van der Waals surface area contributed by atoms with Gasteiger partial charge in [0.1, 0.15) is 0 Å². The molecule has 0 aliphatic heterocycles. The van der Waals surface area contributed by atoms with E-state index in [1.165, 1.54) is 25.7 Å². The molecule has 0 heterocycles. The topological polar surface area (TPSA) is 29.1 Å². The predicted molar refractivity (Wildman–Crippen MR) is 63.6 cm³/mol. The van der Waals surface area contributed by atoms with Crippen molar-refractivity contribution in [1.29, 1.82) is 0 Å². The van der Waals surface area contributed by atoms with Gasteiger partial charge in [0, 0.05) is 12.0 Å². The summed E-state index contributed by atoms with van der Waals surface area (Å²) in [6, 6.07) is 0.440. The molecule has 0 atom stereocenters. The highest BCUT2D eigenvalue weighted by Gasteiger charge is 2.24. The average Bonchev–Trinajstić information content (AvgIpc) is 2.18. The molecule has 1 N–H and O–H groups in total. The molecule has 0 saturated heterocycles. The van der Waals surface area contributed by atoms with Crippen LogP contribution in [0.5, 0.6) is 0 Å². The Kier molecular flexibility index (Phi) is 4.62. The maximum Gasteiger partial charge on any atom is 0.222 e. The van der Waals surface area contributed by atoms with Crippen LogP contribution < -0.4 is 5.32 Å². The van der Waals surface area contributed by atoms with Gasteiger partial charge in [0.25, 0.3) is 0 Å². The molecule has 15 heavy (non-hydrogen) atoms. The van der Waals surface area contributed by atoms with Crippen molar-refractivity contribution in [3.63, 3.8) is 0 Å². The molecule has 0 radical (unpaired) electrons. The van der Waals surface area contributed by atoms with Crippen LogP contribution in [0.25, 0.3) is 0 Å². The molecule has 1 aliphatic carbocycles. The van der Waals surface area contributed by atoms with Crippen LogP contribution in [0.3, 0.4) is 0 Å². The van der Waals surface area contributed by atoms with Gasteiger partial charge in [-0.15, -0.1) is 0 Å². The van der Waals surface area contributed by atoms with Gasteiger partial charge in [-0.1, -0.05) is 27.7 Å². The Bertz CT molecular complexity index is 203. The zero-order valence-corrected chi connectivity index (χ0v) is 10.5. The van der Waals surface area contributed by atoms with Gasteiger partial charge in [-0.2, -0.15) is 0 Å². The van der Waals surface area contributed by atoms with Crippen LogP contribution in [0.2, 0.25) is 0 Å². The lowest BCUT2D eigenvalue weighted by Crippen LogP contribution is -2.40. The lowest BCUT2D eigenvalue weighted by atomic mass is 9.79. The number of carbonyl (C=O) groups excluding carboxylic acids is 1. The summed E-state index contributed by atoms with van der Waals surface area (Å²) in [6.45, 7) is 8.51. The summed E-state index contributed by atoms with van der Waals surface area (Å²) < 4.78 is 0. The minimum absolute atomic E-state index is 0.118. The Labute approximate surface area is 93.8 Å². The summed E-state index contributed by atoms with van der Waals surface area (Å²) in [5, 5.41) is 3.14. The van der Waals surface area contributed by atoms with Crippen molar-refractivity contribution in [3.05, 3.63) is 0 Å². The molecule has 0 aromatic carbocycles. The van der Waals surface area contributed by atoms with E-state index in [0.717, 1.165) is 11.8 Å². The number of hydrogen-bond acceptors (Lipinski definition) is 1. The summed E-state index contributed by atoms with van der Waals surface area (Å²) in [5.74, 6) is 2.00.